The first-order valence-corrected chi connectivity index (χ1v) is 5.49. The highest BCUT2D eigenvalue weighted by Gasteiger charge is 1.93. The molecule has 0 atom stereocenters. The maximum Gasteiger partial charge on any atom is 0.330 e. The number of rotatable bonds is 9. The largest absolute Gasteiger partial charge is 0.460 e. The van der Waals surface area contributed by atoms with E-state index in [9.17, 15) is 4.79 Å². The minimum atomic E-state index is -0.409. The number of carbonyl (C=O) groups is 1. The zero-order chi connectivity index (χ0) is 12.1. The van der Waals surface area contributed by atoms with Gasteiger partial charge >= 0.3 is 5.97 Å². The van der Waals surface area contributed by atoms with Gasteiger partial charge < -0.3 is 9.47 Å². The van der Waals surface area contributed by atoms with Crippen LogP contribution in [0.5, 0.6) is 0 Å². The first kappa shape index (κ1) is 14.6. The molecule has 0 fully saturated rings. The maximum atomic E-state index is 10.6. The van der Waals surface area contributed by atoms with Crippen LogP contribution in [-0.4, -0.2) is 25.8 Å². The SMILES string of the molecule is C=CC(=O)OCCOCC/C=C/C=C/CC. The number of hydrogen-bond donors (Lipinski definition) is 0. The summed E-state index contributed by atoms with van der Waals surface area (Å²) < 4.78 is 9.99. The Morgan fingerprint density at radius 3 is 2.62 bits per heavy atom. The van der Waals surface area contributed by atoms with Crippen LogP contribution in [0.3, 0.4) is 0 Å². The number of carbonyl (C=O) groups excluding carboxylic acids is 1. The Hall–Kier alpha value is -1.35. The van der Waals surface area contributed by atoms with Gasteiger partial charge in [0.05, 0.1) is 13.2 Å². The van der Waals surface area contributed by atoms with E-state index in [1.807, 2.05) is 18.2 Å². The Morgan fingerprint density at radius 1 is 1.19 bits per heavy atom. The Bertz CT molecular complexity index is 242. The smallest absolute Gasteiger partial charge is 0.330 e. The van der Waals surface area contributed by atoms with E-state index in [1.54, 1.807) is 0 Å². The van der Waals surface area contributed by atoms with Gasteiger partial charge in [0.1, 0.15) is 6.61 Å². The van der Waals surface area contributed by atoms with Crippen molar-refractivity contribution in [3.05, 3.63) is 37.0 Å². The predicted molar refractivity (Wildman–Crippen MR) is 65.2 cm³/mol. The summed E-state index contributed by atoms with van der Waals surface area (Å²) >= 11 is 0. The van der Waals surface area contributed by atoms with Gasteiger partial charge in [0, 0.05) is 6.08 Å². The van der Waals surface area contributed by atoms with Crippen LogP contribution in [0.2, 0.25) is 0 Å². The van der Waals surface area contributed by atoms with Crippen molar-refractivity contribution in [1.82, 2.24) is 0 Å². The minimum Gasteiger partial charge on any atom is -0.460 e. The Labute approximate surface area is 97.4 Å². The standard InChI is InChI=1S/C13H20O3/c1-3-5-6-7-8-9-10-15-11-12-16-13(14)4-2/h4-8H,2-3,9-12H2,1H3/b6-5+,8-7+. The third kappa shape index (κ3) is 10.7. The molecule has 0 saturated heterocycles. The molecule has 0 aliphatic rings. The van der Waals surface area contributed by atoms with Crippen LogP contribution < -0.4 is 0 Å². The maximum absolute atomic E-state index is 10.6. The minimum absolute atomic E-state index is 0.282. The molecule has 3 nitrogen and oxygen atoms in total. The summed E-state index contributed by atoms with van der Waals surface area (Å²) in [5.41, 5.74) is 0. The van der Waals surface area contributed by atoms with E-state index in [-0.39, 0.29) is 6.61 Å². The van der Waals surface area contributed by atoms with Gasteiger partial charge in [0.2, 0.25) is 0 Å². The quantitative estimate of drug-likeness (QED) is 0.261. The second-order valence-electron chi connectivity index (χ2n) is 3.04. The Morgan fingerprint density at radius 2 is 1.94 bits per heavy atom. The molecule has 0 saturated carbocycles. The molecule has 0 aliphatic carbocycles. The summed E-state index contributed by atoms with van der Waals surface area (Å²) in [5.74, 6) is -0.409. The third-order valence-corrected chi connectivity index (χ3v) is 1.69. The second-order valence-corrected chi connectivity index (χ2v) is 3.04. The highest BCUT2D eigenvalue weighted by atomic mass is 16.6. The van der Waals surface area contributed by atoms with Crippen molar-refractivity contribution in [3.63, 3.8) is 0 Å². The van der Waals surface area contributed by atoms with Crippen LogP contribution in [-0.2, 0) is 14.3 Å². The molecule has 90 valence electrons. The number of allylic oxidation sites excluding steroid dienone is 3. The van der Waals surface area contributed by atoms with Crippen molar-refractivity contribution >= 4 is 5.97 Å². The first-order valence-electron chi connectivity index (χ1n) is 5.49. The summed E-state index contributed by atoms with van der Waals surface area (Å²) in [6.45, 7) is 6.74. The van der Waals surface area contributed by atoms with Crippen molar-refractivity contribution in [2.75, 3.05) is 19.8 Å². The first-order chi connectivity index (χ1) is 7.81. The van der Waals surface area contributed by atoms with Crippen molar-refractivity contribution in [2.24, 2.45) is 0 Å². The summed E-state index contributed by atoms with van der Waals surface area (Å²) in [4.78, 5) is 10.6. The van der Waals surface area contributed by atoms with Gasteiger partial charge in [0.15, 0.2) is 0 Å². The molecule has 0 aliphatic heterocycles. The van der Waals surface area contributed by atoms with Crippen LogP contribution in [0.1, 0.15) is 19.8 Å². The van der Waals surface area contributed by atoms with Gasteiger partial charge in [-0.05, 0) is 12.8 Å². The van der Waals surface area contributed by atoms with Gasteiger partial charge in [-0.1, -0.05) is 37.8 Å². The Kier molecular flexibility index (Phi) is 10.7. The van der Waals surface area contributed by atoms with Gasteiger partial charge in [0.25, 0.3) is 0 Å². The van der Waals surface area contributed by atoms with Gasteiger partial charge in [-0.15, -0.1) is 0 Å². The molecule has 0 aromatic heterocycles. The lowest BCUT2D eigenvalue weighted by molar-refractivity contribution is -0.139. The highest BCUT2D eigenvalue weighted by Crippen LogP contribution is 1.88. The second kappa shape index (κ2) is 11.7. The van der Waals surface area contributed by atoms with Crippen molar-refractivity contribution in [1.29, 1.82) is 0 Å². The van der Waals surface area contributed by atoms with E-state index in [0.29, 0.717) is 13.2 Å². The van der Waals surface area contributed by atoms with E-state index in [4.69, 9.17) is 9.47 Å². The summed E-state index contributed by atoms with van der Waals surface area (Å²) in [7, 11) is 0. The van der Waals surface area contributed by atoms with E-state index < -0.39 is 5.97 Å². The van der Waals surface area contributed by atoms with Crippen molar-refractivity contribution < 1.29 is 14.3 Å². The molecule has 0 aromatic rings. The highest BCUT2D eigenvalue weighted by molar-refractivity contribution is 5.81. The van der Waals surface area contributed by atoms with Crippen LogP contribution >= 0.6 is 0 Å². The molecule has 0 N–H and O–H groups in total. The normalized spacial score (nSPS) is 11.1. The third-order valence-electron chi connectivity index (χ3n) is 1.69. The van der Waals surface area contributed by atoms with Crippen LogP contribution in [0.25, 0.3) is 0 Å². The zero-order valence-electron chi connectivity index (χ0n) is 9.85. The molecule has 0 heterocycles. The molecule has 0 bridgehead atoms. The average molecular weight is 224 g/mol. The molecule has 0 radical (unpaired) electrons. The van der Waals surface area contributed by atoms with E-state index >= 15 is 0 Å². The van der Waals surface area contributed by atoms with Gasteiger partial charge in [-0.3, -0.25) is 0 Å². The molecule has 0 amide bonds. The number of hydrogen-bond acceptors (Lipinski definition) is 3. The molecule has 16 heavy (non-hydrogen) atoms. The van der Waals surface area contributed by atoms with Crippen molar-refractivity contribution in [3.8, 4) is 0 Å². The molecule has 0 unspecified atom stereocenters. The van der Waals surface area contributed by atoms with Gasteiger partial charge in [-0.2, -0.15) is 0 Å². The fourth-order valence-electron chi connectivity index (χ4n) is 0.903. The molecular weight excluding hydrogens is 204 g/mol. The summed E-state index contributed by atoms with van der Waals surface area (Å²) in [6, 6.07) is 0. The summed E-state index contributed by atoms with van der Waals surface area (Å²) in [5, 5.41) is 0. The monoisotopic (exact) mass is 224 g/mol. The Balaban J connectivity index is 3.21. The lowest BCUT2D eigenvalue weighted by Gasteiger charge is -2.02. The molecule has 0 aromatic carbocycles. The number of esters is 1. The predicted octanol–water partition coefficient (Wildman–Crippen LogP) is 2.64. The van der Waals surface area contributed by atoms with E-state index in [1.165, 1.54) is 0 Å². The fraction of sp³-hybridized carbons (Fsp3) is 0.462. The van der Waals surface area contributed by atoms with E-state index in [0.717, 1.165) is 18.9 Å². The van der Waals surface area contributed by atoms with Crippen LogP contribution in [0, 0.1) is 0 Å². The molecular formula is C13H20O3. The van der Waals surface area contributed by atoms with Crippen LogP contribution in [0.4, 0.5) is 0 Å². The fourth-order valence-corrected chi connectivity index (χ4v) is 0.903. The lowest BCUT2D eigenvalue weighted by Crippen LogP contribution is -2.08. The zero-order valence-corrected chi connectivity index (χ0v) is 9.85. The lowest BCUT2D eigenvalue weighted by atomic mass is 10.3. The van der Waals surface area contributed by atoms with Crippen LogP contribution in [0.15, 0.2) is 37.0 Å². The summed E-state index contributed by atoms with van der Waals surface area (Å²) in [6.07, 6.45) is 11.2. The topological polar surface area (TPSA) is 35.5 Å². The average Bonchev–Trinajstić information content (AvgIpc) is 2.31. The van der Waals surface area contributed by atoms with E-state index in [2.05, 4.69) is 19.6 Å². The van der Waals surface area contributed by atoms with Crippen molar-refractivity contribution in [2.45, 2.75) is 19.8 Å². The molecule has 0 spiro atoms. The van der Waals surface area contributed by atoms with Gasteiger partial charge in [-0.25, -0.2) is 4.79 Å². The molecule has 0 rings (SSSR count). The number of ether oxygens (including phenoxy) is 2. The molecule has 3 heteroatoms.